The highest BCUT2D eigenvalue weighted by atomic mass is 32.2. The molecule has 104 valence electrons. The topological polar surface area (TPSA) is 95.7 Å². The third-order valence-electron chi connectivity index (χ3n) is 2.83. The number of nitrogens with zero attached hydrogens (tertiary/aromatic N) is 2. The summed E-state index contributed by atoms with van der Waals surface area (Å²) in [7, 11) is 0. The van der Waals surface area contributed by atoms with Crippen LogP contribution in [-0.4, -0.2) is 40.0 Å². The summed E-state index contributed by atoms with van der Waals surface area (Å²) in [5.74, 6) is -0.223. The Labute approximate surface area is 112 Å². The van der Waals surface area contributed by atoms with Crippen molar-refractivity contribution in [1.82, 2.24) is 0 Å². The van der Waals surface area contributed by atoms with Crippen LogP contribution in [-0.2, 0) is 21.6 Å². The smallest absolute Gasteiger partial charge is 0.271 e. The first-order valence-corrected chi connectivity index (χ1v) is 6.97. The summed E-state index contributed by atoms with van der Waals surface area (Å²) in [5, 5.41) is 10.9. The highest BCUT2D eigenvalue weighted by Crippen LogP contribution is 2.25. The zero-order valence-corrected chi connectivity index (χ0v) is 10.9. The summed E-state index contributed by atoms with van der Waals surface area (Å²) in [6.07, 6.45) is 0. The zero-order chi connectivity index (χ0) is 13.8. The summed E-state index contributed by atoms with van der Waals surface area (Å²) in [4.78, 5) is 12.3. The summed E-state index contributed by atoms with van der Waals surface area (Å²) in [6.45, 7) is 2.40. The maximum absolute atomic E-state index is 10.9. The SMILES string of the molecule is O=[N+]([O-])c1cc(CS(=O)[O-])cc(N2CCOCC2)c1. The monoisotopic (exact) mass is 285 g/mol. The molecule has 1 fully saturated rings. The van der Waals surface area contributed by atoms with Gasteiger partial charge >= 0.3 is 0 Å². The summed E-state index contributed by atoms with van der Waals surface area (Å²) in [5.41, 5.74) is 0.992. The molecule has 1 aromatic rings. The van der Waals surface area contributed by atoms with Crippen LogP contribution in [0.15, 0.2) is 18.2 Å². The molecule has 1 saturated heterocycles. The Kier molecular flexibility index (Phi) is 4.46. The van der Waals surface area contributed by atoms with Gasteiger partial charge in [-0.3, -0.25) is 14.3 Å². The van der Waals surface area contributed by atoms with E-state index in [4.69, 9.17) is 4.74 Å². The Morgan fingerprint density at radius 1 is 1.32 bits per heavy atom. The molecule has 0 saturated carbocycles. The van der Waals surface area contributed by atoms with Gasteiger partial charge in [-0.1, -0.05) is 11.1 Å². The second-order valence-electron chi connectivity index (χ2n) is 4.16. The molecule has 1 aliphatic rings. The molecule has 0 aromatic heterocycles. The fraction of sp³-hybridized carbons (Fsp3) is 0.455. The maximum atomic E-state index is 10.9. The number of morpholine rings is 1. The van der Waals surface area contributed by atoms with E-state index in [1.54, 1.807) is 6.07 Å². The summed E-state index contributed by atoms with van der Waals surface area (Å²) >= 11 is -2.27. The van der Waals surface area contributed by atoms with Crippen LogP contribution in [0, 0.1) is 10.1 Å². The first-order chi connectivity index (χ1) is 9.06. The van der Waals surface area contributed by atoms with E-state index in [9.17, 15) is 18.9 Å². The van der Waals surface area contributed by atoms with Gasteiger partial charge in [-0.25, -0.2) is 0 Å². The number of nitro benzene ring substituents is 1. The van der Waals surface area contributed by atoms with E-state index in [1.807, 2.05) is 4.90 Å². The molecule has 0 spiro atoms. The van der Waals surface area contributed by atoms with E-state index in [-0.39, 0.29) is 11.4 Å². The quantitative estimate of drug-likeness (QED) is 0.461. The first kappa shape index (κ1) is 13.9. The molecule has 1 atom stereocenters. The Morgan fingerprint density at radius 2 is 2.00 bits per heavy atom. The summed E-state index contributed by atoms with van der Waals surface area (Å²) in [6, 6.07) is 4.43. The molecule has 19 heavy (non-hydrogen) atoms. The highest BCUT2D eigenvalue weighted by molar-refractivity contribution is 7.78. The number of ether oxygens (including phenoxy) is 1. The van der Waals surface area contributed by atoms with Crippen molar-refractivity contribution in [1.29, 1.82) is 0 Å². The third kappa shape index (κ3) is 3.72. The Hall–Kier alpha value is -1.51. The number of benzene rings is 1. The fourth-order valence-corrected chi connectivity index (χ4v) is 2.42. The molecule has 1 unspecified atom stereocenters. The number of non-ortho nitro benzene ring substituents is 1. The van der Waals surface area contributed by atoms with Crippen molar-refractivity contribution in [2.24, 2.45) is 0 Å². The van der Waals surface area contributed by atoms with Gasteiger partial charge in [-0.2, -0.15) is 0 Å². The Bertz CT molecular complexity index is 502. The second-order valence-corrected chi connectivity index (χ2v) is 5.06. The predicted octanol–water partition coefficient (Wildman–Crippen LogP) is 0.810. The minimum atomic E-state index is -2.27. The molecular weight excluding hydrogens is 272 g/mol. The number of hydrogen-bond donors (Lipinski definition) is 0. The van der Waals surface area contributed by atoms with Gasteiger partial charge in [0.2, 0.25) is 0 Å². The molecule has 8 heteroatoms. The normalized spacial score (nSPS) is 17.2. The van der Waals surface area contributed by atoms with E-state index >= 15 is 0 Å². The molecule has 1 aliphatic heterocycles. The van der Waals surface area contributed by atoms with Crippen molar-refractivity contribution in [3.8, 4) is 0 Å². The molecule has 0 aliphatic carbocycles. The van der Waals surface area contributed by atoms with Crippen LogP contribution in [0.4, 0.5) is 11.4 Å². The van der Waals surface area contributed by atoms with Gasteiger partial charge in [0, 0.05) is 36.7 Å². The van der Waals surface area contributed by atoms with Gasteiger partial charge < -0.3 is 14.2 Å². The molecule has 1 aromatic carbocycles. The minimum absolute atomic E-state index is 0.0931. The van der Waals surface area contributed by atoms with E-state index < -0.39 is 16.0 Å². The lowest BCUT2D eigenvalue weighted by Crippen LogP contribution is -2.36. The fourth-order valence-electron chi connectivity index (χ4n) is 1.99. The van der Waals surface area contributed by atoms with Crippen molar-refractivity contribution in [3.63, 3.8) is 0 Å². The van der Waals surface area contributed by atoms with Crippen LogP contribution in [0.3, 0.4) is 0 Å². The van der Waals surface area contributed by atoms with Gasteiger partial charge in [0.1, 0.15) is 0 Å². The molecule has 7 nitrogen and oxygen atoms in total. The first-order valence-electron chi connectivity index (χ1n) is 5.73. The number of nitro groups is 1. The summed E-state index contributed by atoms with van der Waals surface area (Å²) < 4.78 is 26.7. The molecule has 0 radical (unpaired) electrons. The number of rotatable bonds is 4. The van der Waals surface area contributed by atoms with Crippen molar-refractivity contribution >= 4 is 22.5 Å². The zero-order valence-electron chi connectivity index (χ0n) is 10.1. The Morgan fingerprint density at radius 3 is 2.58 bits per heavy atom. The third-order valence-corrected chi connectivity index (χ3v) is 3.40. The van der Waals surface area contributed by atoms with E-state index in [1.165, 1.54) is 12.1 Å². The molecule has 2 rings (SSSR count). The Balaban J connectivity index is 2.32. The van der Waals surface area contributed by atoms with Gasteiger partial charge in [0.25, 0.3) is 5.69 Å². The van der Waals surface area contributed by atoms with Gasteiger partial charge in [0.05, 0.1) is 18.1 Å². The lowest BCUT2D eigenvalue weighted by molar-refractivity contribution is -0.384. The second kappa shape index (κ2) is 6.09. The standard InChI is InChI=1S/C11H14N2O5S/c14-13(15)11-6-9(8-19(16)17)5-10(7-11)12-1-3-18-4-2-12/h5-7H,1-4,8H2,(H,16,17)/p-1. The van der Waals surface area contributed by atoms with Crippen molar-refractivity contribution in [3.05, 3.63) is 33.9 Å². The van der Waals surface area contributed by atoms with Gasteiger partial charge in [0.15, 0.2) is 0 Å². The van der Waals surface area contributed by atoms with Crippen molar-refractivity contribution in [2.45, 2.75) is 5.75 Å². The molecule has 0 N–H and O–H groups in total. The van der Waals surface area contributed by atoms with Crippen LogP contribution >= 0.6 is 0 Å². The average Bonchev–Trinajstić information content (AvgIpc) is 2.38. The van der Waals surface area contributed by atoms with Crippen LogP contribution in [0.5, 0.6) is 0 Å². The maximum Gasteiger partial charge on any atom is 0.271 e. The van der Waals surface area contributed by atoms with Gasteiger partial charge in [-0.15, -0.1) is 0 Å². The van der Waals surface area contributed by atoms with Crippen LogP contribution in [0.1, 0.15) is 5.56 Å². The van der Waals surface area contributed by atoms with E-state index in [0.29, 0.717) is 37.6 Å². The molecule has 0 bridgehead atoms. The van der Waals surface area contributed by atoms with Crippen molar-refractivity contribution in [2.75, 3.05) is 31.2 Å². The molecule has 0 amide bonds. The van der Waals surface area contributed by atoms with Crippen LogP contribution in [0.2, 0.25) is 0 Å². The lowest BCUT2D eigenvalue weighted by Gasteiger charge is -2.29. The van der Waals surface area contributed by atoms with E-state index in [2.05, 4.69) is 0 Å². The number of anilines is 1. The average molecular weight is 285 g/mol. The van der Waals surface area contributed by atoms with E-state index in [0.717, 1.165) is 0 Å². The van der Waals surface area contributed by atoms with Crippen LogP contribution in [0.25, 0.3) is 0 Å². The predicted molar refractivity (Wildman–Crippen MR) is 68.8 cm³/mol. The molecule has 1 heterocycles. The highest BCUT2D eigenvalue weighted by Gasteiger charge is 2.16. The van der Waals surface area contributed by atoms with Crippen molar-refractivity contribution < 1.29 is 18.4 Å². The lowest BCUT2D eigenvalue weighted by atomic mass is 10.1. The van der Waals surface area contributed by atoms with Gasteiger partial charge in [-0.05, 0) is 11.6 Å². The molecular formula is C11H13N2O5S-. The number of hydrogen-bond acceptors (Lipinski definition) is 6. The largest absolute Gasteiger partial charge is 0.772 e. The minimum Gasteiger partial charge on any atom is -0.772 e. The van der Waals surface area contributed by atoms with Crippen LogP contribution < -0.4 is 4.90 Å².